The third-order valence-corrected chi connectivity index (χ3v) is 5.83. The minimum atomic E-state index is 0.103. The van der Waals surface area contributed by atoms with Crippen LogP contribution in [0.25, 0.3) is 12.2 Å². The highest BCUT2D eigenvalue weighted by atomic mass is 16.5. The van der Waals surface area contributed by atoms with Crippen molar-refractivity contribution in [3.05, 3.63) is 70.8 Å². The lowest BCUT2D eigenvalue weighted by atomic mass is 9.94. The van der Waals surface area contributed by atoms with E-state index in [-0.39, 0.29) is 5.78 Å². The largest absolute Gasteiger partial charge is 0.493 e. The molecular weight excluding hydrogens is 410 g/mol. The number of para-hydroxylation sites is 2. The van der Waals surface area contributed by atoms with Gasteiger partial charge < -0.3 is 9.47 Å². The van der Waals surface area contributed by atoms with Gasteiger partial charge in [-0.15, -0.1) is 0 Å². The number of ketones is 1. The van der Waals surface area contributed by atoms with Crippen LogP contribution in [0.5, 0.6) is 11.5 Å². The molecule has 2 aromatic rings. The van der Waals surface area contributed by atoms with Crippen LogP contribution in [0.2, 0.25) is 0 Å². The monoisotopic (exact) mass is 447 g/mol. The molecule has 2 aromatic carbocycles. The molecule has 1 fully saturated rings. The number of hydrogen-bond donors (Lipinski definition) is 0. The number of hydrogen-bond acceptors (Lipinski definition) is 4. The van der Waals surface area contributed by atoms with Crippen LogP contribution < -0.4 is 9.47 Å². The number of ether oxygens (including phenoxy) is 2. The van der Waals surface area contributed by atoms with Crippen molar-refractivity contribution in [2.24, 2.45) is 0 Å². The SMILES string of the molecule is CCCCOc1ccccc1/C=C1\CN(CC)C/C(=C\c2ccccc2OCCCC)C1=O. The molecule has 0 atom stereocenters. The van der Waals surface area contributed by atoms with E-state index >= 15 is 0 Å². The summed E-state index contributed by atoms with van der Waals surface area (Å²) in [6.45, 7) is 9.97. The summed E-state index contributed by atoms with van der Waals surface area (Å²) in [5.41, 5.74) is 3.51. The summed E-state index contributed by atoms with van der Waals surface area (Å²) in [5, 5.41) is 0. The molecule has 0 amide bonds. The van der Waals surface area contributed by atoms with Crippen LogP contribution in [0.3, 0.4) is 0 Å². The first-order valence-electron chi connectivity index (χ1n) is 12.3. The van der Waals surface area contributed by atoms with Gasteiger partial charge in [0.25, 0.3) is 0 Å². The molecular formula is C29H37NO3. The Morgan fingerprint density at radius 3 is 1.64 bits per heavy atom. The summed E-state index contributed by atoms with van der Waals surface area (Å²) >= 11 is 0. The van der Waals surface area contributed by atoms with E-state index in [1.165, 1.54) is 0 Å². The van der Waals surface area contributed by atoms with E-state index in [0.29, 0.717) is 26.3 Å². The second kappa shape index (κ2) is 13.0. The van der Waals surface area contributed by atoms with Crippen LogP contribution in [0.4, 0.5) is 0 Å². The zero-order valence-corrected chi connectivity index (χ0v) is 20.3. The van der Waals surface area contributed by atoms with E-state index in [0.717, 1.165) is 66.0 Å². The molecule has 4 heteroatoms. The van der Waals surface area contributed by atoms with Gasteiger partial charge in [0.1, 0.15) is 11.5 Å². The first-order chi connectivity index (χ1) is 16.2. The lowest BCUT2D eigenvalue weighted by molar-refractivity contribution is -0.113. The molecule has 1 heterocycles. The summed E-state index contributed by atoms with van der Waals surface area (Å²) in [4.78, 5) is 15.8. The zero-order chi connectivity index (χ0) is 23.5. The van der Waals surface area contributed by atoms with Crippen molar-refractivity contribution in [3.63, 3.8) is 0 Å². The fourth-order valence-corrected chi connectivity index (χ4v) is 3.82. The van der Waals surface area contributed by atoms with Crippen LogP contribution in [-0.2, 0) is 4.79 Å². The van der Waals surface area contributed by atoms with Gasteiger partial charge in [-0.3, -0.25) is 9.69 Å². The normalized spacial score (nSPS) is 17.0. The number of likely N-dealkylation sites (tertiary alicyclic amines) is 1. The summed E-state index contributed by atoms with van der Waals surface area (Å²) in [5.74, 6) is 1.77. The maximum Gasteiger partial charge on any atom is 0.187 e. The molecule has 1 aliphatic heterocycles. The quantitative estimate of drug-likeness (QED) is 0.294. The van der Waals surface area contributed by atoms with Crippen molar-refractivity contribution in [2.75, 3.05) is 32.8 Å². The molecule has 0 unspecified atom stereocenters. The van der Waals surface area contributed by atoms with Crippen LogP contribution >= 0.6 is 0 Å². The molecule has 1 saturated heterocycles. The standard InChI is InChI=1S/C29H37NO3/c1-4-7-17-32-27-15-11-9-13-23(27)19-25-21-30(6-3)22-26(29(25)31)20-24-14-10-12-16-28(24)33-18-8-5-2/h9-16,19-20H,4-8,17-18,21-22H2,1-3H3/b25-19+,26-20+. The molecule has 0 aromatic heterocycles. The number of nitrogens with zero attached hydrogens (tertiary/aromatic N) is 1. The Morgan fingerprint density at radius 2 is 1.21 bits per heavy atom. The second-order valence-corrected chi connectivity index (χ2v) is 8.45. The maximum absolute atomic E-state index is 13.5. The summed E-state index contributed by atoms with van der Waals surface area (Å²) < 4.78 is 12.0. The second-order valence-electron chi connectivity index (χ2n) is 8.45. The predicted molar refractivity (Wildman–Crippen MR) is 137 cm³/mol. The molecule has 0 bridgehead atoms. The van der Waals surface area contributed by atoms with Gasteiger partial charge in [-0.2, -0.15) is 0 Å². The molecule has 33 heavy (non-hydrogen) atoms. The van der Waals surface area contributed by atoms with E-state index in [1.807, 2.05) is 60.7 Å². The number of Topliss-reactive ketones (excluding diaryl/α,β-unsaturated/α-hetero) is 1. The number of carbonyl (C=O) groups is 1. The minimum absolute atomic E-state index is 0.103. The van der Waals surface area contributed by atoms with E-state index in [9.17, 15) is 4.79 Å². The zero-order valence-electron chi connectivity index (χ0n) is 20.3. The molecule has 0 N–H and O–H groups in total. The van der Waals surface area contributed by atoms with Crippen LogP contribution in [0, 0.1) is 0 Å². The Labute approximate surface area is 198 Å². The number of benzene rings is 2. The summed E-state index contributed by atoms with van der Waals surface area (Å²) in [6.07, 6.45) is 8.21. The van der Waals surface area contributed by atoms with Crippen molar-refractivity contribution < 1.29 is 14.3 Å². The predicted octanol–water partition coefficient (Wildman–Crippen LogP) is 6.42. The van der Waals surface area contributed by atoms with Gasteiger partial charge in [0.05, 0.1) is 13.2 Å². The number of carbonyl (C=O) groups excluding carboxylic acids is 1. The molecule has 0 saturated carbocycles. The van der Waals surface area contributed by atoms with Crippen LogP contribution in [-0.4, -0.2) is 43.5 Å². The molecule has 176 valence electrons. The van der Waals surface area contributed by atoms with E-state index in [4.69, 9.17) is 9.47 Å². The third-order valence-electron chi connectivity index (χ3n) is 5.83. The van der Waals surface area contributed by atoms with E-state index in [1.54, 1.807) is 0 Å². The summed E-state index contributed by atoms with van der Waals surface area (Å²) in [7, 11) is 0. The van der Waals surface area contributed by atoms with Gasteiger partial charge in [-0.1, -0.05) is 70.0 Å². The Morgan fingerprint density at radius 1 is 0.758 bits per heavy atom. The summed E-state index contributed by atoms with van der Waals surface area (Å²) in [6, 6.07) is 15.9. The third kappa shape index (κ3) is 7.06. The Hall–Kier alpha value is -2.85. The number of likely N-dealkylation sites (N-methyl/N-ethyl adjacent to an activating group) is 1. The van der Waals surface area contributed by atoms with Gasteiger partial charge in [0.2, 0.25) is 0 Å². The topological polar surface area (TPSA) is 38.8 Å². The van der Waals surface area contributed by atoms with Crippen molar-refractivity contribution in [3.8, 4) is 11.5 Å². The maximum atomic E-state index is 13.5. The highest BCUT2D eigenvalue weighted by molar-refractivity contribution is 6.14. The minimum Gasteiger partial charge on any atom is -0.493 e. The Bertz CT molecular complexity index is 901. The molecule has 0 aliphatic carbocycles. The average molecular weight is 448 g/mol. The lowest BCUT2D eigenvalue weighted by Crippen LogP contribution is -2.37. The molecule has 4 nitrogen and oxygen atoms in total. The Balaban J connectivity index is 1.90. The fourth-order valence-electron chi connectivity index (χ4n) is 3.82. The van der Waals surface area contributed by atoms with E-state index < -0.39 is 0 Å². The average Bonchev–Trinajstić information content (AvgIpc) is 2.84. The fraction of sp³-hybridized carbons (Fsp3) is 0.414. The number of unbranched alkanes of at least 4 members (excludes halogenated alkanes) is 2. The molecule has 0 spiro atoms. The van der Waals surface area contributed by atoms with Gasteiger partial charge >= 0.3 is 0 Å². The molecule has 1 aliphatic rings. The number of rotatable bonds is 11. The van der Waals surface area contributed by atoms with Gasteiger partial charge in [-0.05, 0) is 43.7 Å². The van der Waals surface area contributed by atoms with Crippen molar-refractivity contribution in [1.29, 1.82) is 0 Å². The van der Waals surface area contributed by atoms with Gasteiger partial charge in [0, 0.05) is 35.4 Å². The Kier molecular flexibility index (Phi) is 9.77. The van der Waals surface area contributed by atoms with Crippen molar-refractivity contribution in [2.45, 2.75) is 46.5 Å². The smallest absolute Gasteiger partial charge is 0.187 e. The highest BCUT2D eigenvalue weighted by Crippen LogP contribution is 2.28. The number of piperidine rings is 1. The van der Waals surface area contributed by atoms with Crippen LogP contribution in [0.1, 0.15) is 57.6 Å². The van der Waals surface area contributed by atoms with Gasteiger partial charge in [-0.25, -0.2) is 0 Å². The lowest BCUT2D eigenvalue weighted by Gasteiger charge is -2.29. The molecule has 3 rings (SSSR count). The van der Waals surface area contributed by atoms with Crippen molar-refractivity contribution in [1.82, 2.24) is 4.90 Å². The molecule has 0 radical (unpaired) electrons. The first-order valence-corrected chi connectivity index (χ1v) is 12.3. The van der Waals surface area contributed by atoms with Crippen LogP contribution in [0.15, 0.2) is 59.7 Å². The first kappa shape index (κ1) is 24.8. The van der Waals surface area contributed by atoms with Gasteiger partial charge in [0.15, 0.2) is 5.78 Å². The van der Waals surface area contributed by atoms with Crippen molar-refractivity contribution >= 4 is 17.9 Å². The van der Waals surface area contributed by atoms with E-state index in [2.05, 4.69) is 25.7 Å². The highest BCUT2D eigenvalue weighted by Gasteiger charge is 2.26.